The van der Waals surface area contributed by atoms with Gasteiger partial charge in [-0.3, -0.25) is 9.59 Å². The van der Waals surface area contributed by atoms with E-state index in [1.54, 1.807) is 0 Å². The molecule has 0 aromatic rings. The van der Waals surface area contributed by atoms with Crippen LogP contribution in [0.2, 0.25) is 0 Å². The van der Waals surface area contributed by atoms with Gasteiger partial charge >= 0.3 is 5.97 Å². The lowest BCUT2D eigenvalue weighted by Gasteiger charge is -2.18. The van der Waals surface area contributed by atoms with Gasteiger partial charge in [0, 0.05) is 31.3 Å². The minimum absolute atomic E-state index is 0.0983. The van der Waals surface area contributed by atoms with Crippen LogP contribution in [0.3, 0.4) is 0 Å². The highest BCUT2D eigenvalue weighted by atomic mass is 16.4. The van der Waals surface area contributed by atoms with Crippen molar-refractivity contribution < 1.29 is 24.9 Å². The predicted molar refractivity (Wildman–Crippen MR) is 102 cm³/mol. The molecule has 1 aliphatic rings. The molecule has 5 heteroatoms. The van der Waals surface area contributed by atoms with E-state index in [2.05, 4.69) is 6.92 Å². The van der Waals surface area contributed by atoms with Crippen LogP contribution in [0.1, 0.15) is 77.6 Å². The van der Waals surface area contributed by atoms with Crippen molar-refractivity contribution in [3.05, 3.63) is 12.2 Å². The van der Waals surface area contributed by atoms with Gasteiger partial charge in [0.1, 0.15) is 5.78 Å². The Balaban J connectivity index is 2.46. The standard InChI is InChI=1S/C21H36O5/c1-2-3-6-9-16(15-22)12-13-18-17(19(23)14-20(18)24)10-7-4-5-8-11-21(25)26/h12-13,16-18,20,22,24H,2-11,14-15H2,1H3,(H,25,26)/t16-,17-,18-,20-/m1/s1. The zero-order valence-corrected chi connectivity index (χ0v) is 16.1. The van der Waals surface area contributed by atoms with E-state index in [1.165, 1.54) is 0 Å². The van der Waals surface area contributed by atoms with Gasteiger partial charge in [0.25, 0.3) is 0 Å². The number of hydrogen-bond acceptors (Lipinski definition) is 4. The molecule has 1 rings (SSSR count). The first kappa shape index (κ1) is 22.8. The summed E-state index contributed by atoms with van der Waals surface area (Å²) in [4.78, 5) is 22.7. The number of carboxylic acids is 1. The number of carbonyl (C=O) groups is 2. The highest BCUT2D eigenvalue weighted by Gasteiger charge is 2.39. The highest BCUT2D eigenvalue weighted by molar-refractivity contribution is 5.84. The number of aliphatic hydroxyl groups excluding tert-OH is 2. The van der Waals surface area contributed by atoms with E-state index in [-0.39, 0.29) is 43.0 Å². The summed E-state index contributed by atoms with van der Waals surface area (Å²) in [6.45, 7) is 2.25. The van der Waals surface area contributed by atoms with Crippen LogP contribution < -0.4 is 0 Å². The Bertz CT molecular complexity index is 446. The summed E-state index contributed by atoms with van der Waals surface area (Å²) >= 11 is 0. The number of unbranched alkanes of at least 4 members (excludes halogenated alkanes) is 5. The van der Waals surface area contributed by atoms with Crippen LogP contribution in [0.25, 0.3) is 0 Å². The van der Waals surface area contributed by atoms with E-state index in [9.17, 15) is 19.8 Å². The van der Waals surface area contributed by atoms with Gasteiger partial charge < -0.3 is 15.3 Å². The van der Waals surface area contributed by atoms with Crippen molar-refractivity contribution >= 4 is 11.8 Å². The molecule has 0 saturated heterocycles. The lowest BCUT2D eigenvalue weighted by molar-refractivity contribution is -0.137. The van der Waals surface area contributed by atoms with E-state index < -0.39 is 12.1 Å². The lowest BCUT2D eigenvalue weighted by atomic mass is 9.87. The number of rotatable bonds is 14. The topological polar surface area (TPSA) is 94.8 Å². The fraction of sp³-hybridized carbons (Fsp3) is 0.810. The van der Waals surface area contributed by atoms with Crippen molar-refractivity contribution in [1.82, 2.24) is 0 Å². The summed E-state index contributed by atoms with van der Waals surface area (Å²) in [6.07, 6.45) is 12.1. The van der Waals surface area contributed by atoms with Gasteiger partial charge in [-0.05, 0) is 25.2 Å². The summed E-state index contributed by atoms with van der Waals surface area (Å²) in [7, 11) is 0. The molecule has 0 amide bonds. The fourth-order valence-electron chi connectivity index (χ4n) is 3.78. The third-order valence-electron chi connectivity index (χ3n) is 5.41. The molecule has 0 heterocycles. The summed E-state index contributed by atoms with van der Waals surface area (Å²) in [5, 5.41) is 28.4. The van der Waals surface area contributed by atoms with E-state index in [0.29, 0.717) is 6.42 Å². The van der Waals surface area contributed by atoms with Gasteiger partial charge in [-0.15, -0.1) is 0 Å². The molecule has 0 spiro atoms. The van der Waals surface area contributed by atoms with Gasteiger partial charge in [-0.2, -0.15) is 0 Å². The smallest absolute Gasteiger partial charge is 0.303 e. The van der Waals surface area contributed by atoms with Crippen molar-refractivity contribution in [3.63, 3.8) is 0 Å². The molecule has 3 N–H and O–H groups in total. The molecule has 26 heavy (non-hydrogen) atoms. The molecular weight excluding hydrogens is 332 g/mol. The molecule has 4 atom stereocenters. The third-order valence-corrected chi connectivity index (χ3v) is 5.41. The second kappa shape index (κ2) is 13.0. The largest absolute Gasteiger partial charge is 0.481 e. The number of aliphatic hydroxyl groups is 2. The van der Waals surface area contributed by atoms with Crippen LogP contribution in [-0.4, -0.2) is 39.8 Å². The van der Waals surface area contributed by atoms with Gasteiger partial charge in [0.05, 0.1) is 6.10 Å². The molecule has 1 saturated carbocycles. The molecule has 0 unspecified atom stereocenters. The predicted octanol–water partition coefficient (Wildman–Crippen LogP) is 3.72. The van der Waals surface area contributed by atoms with Gasteiger partial charge in [0.15, 0.2) is 0 Å². The molecule has 5 nitrogen and oxygen atoms in total. The maximum Gasteiger partial charge on any atom is 0.303 e. The first-order valence-corrected chi connectivity index (χ1v) is 10.2. The average molecular weight is 369 g/mol. The molecule has 0 aromatic heterocycles. The number of ketones is 1. The Labute approximate surface area is 157 Å². The van der Waals surface area contributed by atoms with Crippen molar-refractivity contribution in [1.29, 1.82) is 0 Å². The van der Waals surface area contributed by atoms with Crippen LogP contribution in [0.4, 0.5) is 0 Å². The van der Waals surface area contributed by atoms with E-state index >= 15 is 0 Å². The molecule has 0 aliphatic heterocycles. The van der Waals surface area contributed by atoms with Crippen molar-refractivity contribution in [3.8, 4) is 0 Å². The highest BCUT2D eigenvalue weighted by Crippen LogP contribution is 2.34. The molecular formula is C21H36O5. The monoisotopic (exact) mass is 368 g/mol. The molecule has 1 aliphatic carbocycles. The fourth-order valence-corrected chi connectivity index (χ4v) is 3.78. The number of Topliss-reactive ketones (excluding diaryl/α,β-unsaturated/α-hetero) is 1. The molecule has 0 aromatic carbocycles. The number of hydrogen-bond donors (Lipinski definition) is 3. The van der Waals surface area contributed by atoms with Crippen LogP contribution >= 0.6 is 0 Å². The summed E-state index contributed by atoms with van der Waals surface area (Å²) in [5.74, 6) is -0.829. The normalized spacial score (nSPS) is 24.4. The van der Waals surface area contributed by atoms with Crippen molar-refractivity contribution in [2.75, 3.05) is 6.61 Å². The third kappa shape index (κ3) is 8.45. The Kier molecular flexibility index (Phi) is 11.5. The number of carbonyl (C=O) groups excluding carboxylic acids is 1. The first-order chi connectivity index (χ1) is 12.5. The Morgan fingerprint density at radius 2 is 1.92 bits per heavy atom. The zero-order valence-electron chi connectivity index (χ0n) is 16.1. The van der Waals surface area contributed by atoms with E-state index in [0.717, 1.165) is 51.4 Å². The molecule has 0 radical (unpaired) electrons. The van der Waals surface area contributed by atoms with Gasteiger partial charge in [-0.1, -0.05) is 57.6 Å². The van der Waals surface area contributed by atoms with Crippen LogP contribution in [-0.2, 0) is 9.59 Å². The summed E-state index contributed by atoms with van der Waals surface area (Å²) in [5.41, 5.74) is 0. The molecule has 0 bridgehead atoms. The maximum absolute atomic E-state index is 12.2. The van der Waals surface area contributed by atoms with Crippen LogP contribution in [0, 0.1) is 17.8 Å². The molecule has 1 fully saturated rings. The van der Waals surface area contributed by atoms with Crippen LogP contribution in [0.5, 0.6) is 0 Å². The number of aliphatic carboxylic acids is 1. The van der Waals surface area contributed by atoms with Crippen molar-refractivity contribution in [2.24, 2.45) is 17.8 Å². The SMILES string of the molecule is CCCCC[C@H](C=C[C@H]1[C@H](O)CC(=O)[C@@H]1CCCCCCC(=O)O)CO. The van der Waals surface area contributed by atoms with Gasteiger partial charge in [-0.25, -0.2) is 0 Å². The van der Waals surface area contributed by atoms with Crippen LogP contribution in [0.15, 0.2) is 12.2 Å². The lowest BCUT2D eigenvalue weighted by Crippen LogP contribution is -2.19. The average Bonchev–Trinajstić information content (AvgIpc) is 2.87. The van der Waals surface area contributed by atoms with E-state index in [1.807, 2.05) is 12.2 Å². The van der Waals surface area contributed by atoms with E-state index in [4.69, 9.17) is 5.11 Å². The maximum atomic E-state index is 12.2. The Hall–Kier alpha value is -1.20. The number of carboxylic acid groups (broad SMARTS) is 1. The minimum Gasteiger partial charge on any atom is -0.481 e. The minimum atomic E-state index is -0.762. The molecule has 150 valence electrons. The second-order valence-electron chi connectivity index (χ2n) is 7.59. The summed E-state index contributed by atoms with van der Waals surface area (Å²) < 4.78 is 0. The van der Waals surface area contributed by atoms with Gasteiger partial charge in [0.2, 0.25) is 0 Å². The summed E-state index contributed by atoms with van der Waals surface area (Å²) in [6, 6.07) is 0. The second-order valence-corrected chi connectivity index (χ2v) is 7.59. The Morgan fingerprint density at radius 1 is 1.19 bits per heavy atom. The zero-order chi connectivity index (χ0) is 19.4. The first-order valence-electron chi connectivity index (χ1n) is 10.2. The van der Waals surface area contributed by atoms with Crippen molar-refractivity contribution in [2.45, 2.75) is 83.7 Å². The Morgan fingerprint density at radius 3 is 2.58 bits per heavy atom. The quantitative estimate of drug-likeness (QED) is 0.321.